The van der Waals surface area contributed by atoms with E-state index in [-0.39, 0.29) is 24.4 Å². The van der Waals surface area contributed by atoms with Gasteiger partial charge in [0.2, 0.25) is 11.8 Å². The number of primary amides is 1. The number of aromatic nitrogens is 1. The lowest BCUT2D eigenvalue weighted by atomic mass is 10.2. The van der Waals surface area contributed by atoms with Gasteiger partial charge in [-0.05, 0) is 26.0 Å². The van der Waals surface area contributed by atoms with Crippen molar-refractivity contribution in [1.29, 1.82) is 0 Å². The lowest BCUT2D eigenvalue weighted by molar-refractivity contribution is -0.132. The summed E-state index contributed by atoms with van der Waals surface area (Å²) in [7, 11) is 0. The Morgan fingerprint density at radius 1 is 1.25 bits per heavy atom. The van der Waals surface area contributed by atoms with Crippen molar-refractivity contribution in [2.45, 2.75) is 26.3 Å². The van der Waals surface area contributed by atoms with Gasteiger partial charge in [-0.2, -0.15) is 0 Å². The normalized spacial score (nSPS) is 15.2. The molecule has 0 aliphatic carbocycles. The summed E-state index contributed by atoms with van der Waals surface area (Å²) in [6.45, 7) is 7.73. The van der Waals surface area contributed by atoms with Crippen LogP contribution in [0.4, 0.5) is 5.82 Å². The van der Waals surface area contributed by atoms with E-state index in [9.17, 15) is 9.59 Å². The molecule has 1 aliphatic rings. The van der Waals surface area contributed by atoms with E-state index in [1.807, 2.05) is 41.8 Å². The number of piperazine rings is 1. The topological polar surface area (TPSA) is 82.8 Å². The monoisotopic (exact) mass is 333 g/mol. The summed E-state index contributed by atoms with van der Waals surface area (Å²) in [5.74, 6) is 0.725. The first kappa shape index (κ1) is 18.2. The number of hydrogen-bond acceptors (Lipinski definition) is 5. The molecule has 24 heavy (non-hydrogen) atoms. The van der Waals surface area contributed by atoms with Crippen molar-refractivity contribution in [3.05, 3.63) is 24.4 Å². The van der Waals surface area contributed by atoms with Gasteiger partial charge in [-0.25, -0.2) is 4.98 Å². The molecule has 0 bridgehead atoms. The molecule has 0 spiro atoms. The quantitative estimate of drug-likeness (QED) is 0.777. The minimum absolute atomic E-state index is 0.130. The van der Waals surface area contributed by atoms with Crippen LogP contribution in [0, 0.1) is 0 Å². The van der Waals surface area contributed by atoms with E-state index in [1.54, 1.807) is 6.20 Å². The molecule has 132 valence electrons. The standard InChI is InChI=1S/C17H27N5O2/c1-14(2)22(13-15(18)23)8-6-17(24)21-11-9-20(10-12-21)16-5-3-4-7-19-16/h3-5,7,14H,6,8-13H2,1-2H3,(H2,18,23). The van der Waals surface area contributed by atoms with Gasteiger partial charge in [0.25, 0.3) is 0 Å². The van der Waals surface area contributed by atoms with E-state index >= 15 is 0 Å². The third-order valence-electron chi connectivity index (χ3n) is 4.31. The highest BCUT2D eigenvalue weighted by molar-refractivity contribution is 5.77. The van der Waals surface area contributed by atoms with Crippen molar-refractivity contribution >= 4 is 17.6 Å². The smallest absolute Gasteiger partial charge is 0.231 e. The van der Waals surface area contributed by atoms with Crippen LogP contribution in [0.1, 0.15) is 20.3 Å². The fourth-order valence-corrected chi connectivity index (χ4v) is 2.84. The molecule has 2 amide bonds. The molecule has 1 saturated heterocycles. The largest absolute Gasteiger partial charge is 0.369 e. The Hall–Kier alpha value is -2.15. The fourth-order valence-electron chi connectivity index (χ4n) is 2.84. The predicted octanol–water partition coefficient (Wildman–Crippen LogP) is 0.316. The molecular formula is C17H27N5O2. The van der Waals surface area contributed by atoms with Crippen LogP contribution in [-0.2, 0) is 9.59 Å². The van der Waals surface area contributed by atoms with Crippen molar-refractivity contribution < 1.29 is 9.59 Å². The number of carbonyl (C=O) groups is 2. The third-order valence-corrected chi connectivity index (χ3v) is 4.31. The molecule has 1 aromatic rings. The summed E-state index contributed by atoms with van der Waals surface area (Å²) in [5.41, 5.74) is 5.26. The summed E-state index contributed by atoms with van der Waals surface area (Å²) in [5, 5.41) is 0. The highest BCUT2D eigenvalue weighted by Gasteiger charge is 2.22. The fraction of sp³-hybridized carbons (Fsp3) is 0.588. The Balaban J connectivity index is 1.79. The van der Waals surface area contributed by atoms with Gasteiger partial charge in [0.15, 0.2) is 0 Å². The molecule has 0 radical (unpaired) electrons. The summed E-state index contributed by atoms with van der Waals surface area (Å²) in [4.78, 5) is 33.9. The first-order valence-corrected chi connectivity index (χ1v) is 8.43. The maximum absolute atomic E-state index is 12.4. The molecule has 2 rings (SSSR count). The molecular weight excluding hydrogens is 306 g/mol. The van der Waals surface area contributed by atoms with Gasteiger partial charge in [-0.1, -0.05) is 6.07 Å². The summed E-state index contributed by atoms with van der Waals surface area (Å²) < 4.78 is 0. The Morgan fingerprint density at radius 2 is 1.96 bits per heavy atom. The second kappa shape index (κ2) is 8.63. The number of pyridine rings is 1. The van der Waals surface area contributed by atoms with Gasteiger partial charge in [-0.3, -0.25) is 14.5 Å². The summed E-state index contributed by atoms with van der Waals surface area (Å²) >= 11 is 0. The van der Waals surface area contributed by atoms with E-state index in [0.717, 1.165) is 18.9 Å². The van der Waals surface area contributed by atoms with Crippen molar-refractivity contribution in [1.82, 2.24) is 14.8 Å². The zero-order chi connectivity index (χ0) is 17.5. The minimum atomic E-state index is -0.361. The van der Waals surface area contributed by atoms with Crippen molar-refractivity contribution in [2.75, 3.05) is 44.2 Å². The van der Waals surface area contributed by atoms with Crippen molar-refractivity contribution in [2.24, 2.45) is 5.73 Å². The number of rotatable bonds is 7. The van der Waals surface area contributed by atoms with Gasteiger partial charge in [0, 0.05) is 51.4 Å². The van der Waals surface area contributed by atoms with E-state index in [0.29, 0.717) is 26.1 Å². The number of nitrogens with zero attached hydrogens (tertiary/aromatic N) is 4. The van der Waals surface area contributed by atoms with Gasteiger partial charge < -0.3 is 15.5 Å². The summed E-state index contributed by atoms with van der Waals surface area (Å²) in [6.07, 6.45) is 2.20. The van der Waals surface area contributed by atoms with Gasteiger partial charge in [0.05, 0.1) is 6.54 Å². The van der Waals surface area contributed by atoms with Gasteiger partial charge in [-0.15, -0.1) is 0 Å². The van der Waals surface area contributed by atoms with Gasteiger partial charge >= 0.3 is 0 Å². The molecule has 2 N–H and O–H groups in total. The van der Waals surface area contributed by atoms with E-state index in [4.69, 9.17) is 5.73 Å². The van der Waals surface area contributed by atoms with Crippen LogP contribution in [0.25, 0.3) is 0 Å². The highest BCUT2D eigenvalue weighted by atomic mass is 16.2. The highest BCUT2D eigenvalue weighted by Crippen LogP contribution is 2.13. The SMILES string of the molecule is CC(C)N(CCC(=O)N1CCN(c2ccccn2)CC1)CC(N)=O. The van der Waals surface area contributed by atoms with Gasteiger partial charge in [0.1, 0.15) is 5.82 Å². The predicted molar refractivity (Wildman–Crippen MR) is 93.6 cm³/mol. The van der Waals surface area contributed by atoms with Crippen LogP contribution in [0.15, 0.2) is 24.4 Å². The summed E-state index contributed by atoms with van der Waals surface area (Å²) in [6, 6.07) is 6.04. The minimum Gasteiger partial charge on any atom is -0.369 e. The van der Waals surface area contributed by atoms with Crippen LogP contribution in [0.3, 0.4) is 0 Å². The molecule has 1 aromatic heterocycles. The number of anilines is 1. The first-order valence-electron chi connectivity index (χ1n) is 8.43. The lowest BCUT2D eigenvalue weighted by Gasteiger charge is -2.36. The molecule has 2 heterocycles. The average Bonchev–Trinajstić information content (AvgIpc) is 2.58. The maximum Gasteiger partial charge on any atom is 0.231 e. The van der Waals surface area contributed by atoms with Crippen LogP contribution < -0.4 is 10.6 Å². The molecule has 7 nitrogen and oxygen atoms in total. The molecule has 0 aromatic carbocycles. The maximum atomic E-state index is 12.4. The zero-order valence-corrected chi connectivity index (χ0v) is 14.5. The lowest BCUT2D eigenvalue weighted by Crippen LogP contribution is -2.50. The number of amides is 2. The van der Waals surface area contributed by atoms with E-state index in [2.05, 4.69) is 9.88 Å². The van der Waals surface area contributed by atoms with Crippen molar-refractivity contribution in [3.63, 3.8) is 0 Å². The van der Waals surface area contributed by atoms with E-state index < -0.39 is 0 Å². The molecule has 0 unspecified atom stereocenters. The van der Waals surface area contributed by atoms with Crippen molar-refractivity contribution in [3.8, 4) is 0 Å². The third kappa shape index (κ3) is 5.19. The molecule has 1 fully saturated rings. The van der Waals surface area contributed by atoms with Crippen LogP contribution in [0.2, 0.25) is 0 Å². The molecule has 0 saturated carbocycles. The van der Waals surface area contributed by atoms with Crippen LogP contribution in [0.5, 0.6) is 0 Å². The Morgan fingerprint density at radius 3 is 2.50 bits per heavy atom. The van der Waals surface area contributed by atoms with Crippen LogP contribution in [-0.4, -0.2) is 71.9 Å². The number of nitrogens with two attached hydrogens (primary N) is 1. The molecule has 1 aliphatic heterocycles. The zero-order valence-electron chi connectivity index (χ0n) is 14.5. The average molecular weight is 333 g/mol. The van der Waals surface area contributed by atoms with Crippen LogP contribution >= 0.6 is 0 Å². The number of hydrogen-bond donors (Lipinski definition) is 1. The Kier molecular flexibility index (Phi) is 6.54. The Bertz CT molecular complexity index is 541. The number of carbonyl (C=O) groups excluding carboxylic acids is 2. The molecule has 0 atom stereocenters. The molecule has 7 heteroatoms. The Labute approximate surface area is 143 Å². The second-order valence-corrected chi connectivity index (χ2v) is 6.34. The first-order chi connectivity index (χ1) is 11.5. The second-order valence-electron chi connectivity index (χ2n) is 6.34. The van der Waals surface area contributed by atoms with E-state index in [1.165, 1.54) is 0 Å².